The number of ketones is 1. The molecule has 6 heteroatoms. The Morgan fingerprint density at radius 2 is 1.90 bits per heavy atom. The molecule has 2 aliphatic heterocycles. The number of hydrogen-bond donors (Lipinski definition) is 2. The molecular weight excluding hydrogens is 276 g/mol. The predicted molar refractivity (Wildman–Crippen MR) is 69.1 cm³/mol. The molecule has 2 saturated carbocycles. The van der Waals surface area contributed by atoms with Crippen molar-refractivity contribution in [1.29, 1.82) is 0 Å². The first-order valence-corrected chi connectivity index (χ1v) is 7.42. The standard InChI is InChI=1S/C15H20O6/c1-7-8-4-15(19)12(2)6-20-11(17)10(21-8)14(7,15)5-9(16)13(12,3)18/h7-8,10,18-19H,4-6H2,1-3H3/t7-,8-,10+,12-,13+,14+,15+/m1/s1. The molecule has 4 aliphatic rings. The van der Waals surface area contributed by atoms with Crippen molar-refractivity contribution in [2.45, 2.75) is 57.0 Å². The quantitative estimate of drug-likeness (QED) is 0.601. The summed E-state index contributed by atoms with van der Waals surface area (Å²) < 4.78 is 11.1. The van der Waals surface area contributed by atoms with E-state index in [1.807, 2.05) is 6.92 Å². The van der Waals surface area contributed by atoms with Gasteiger partial charge in [-0.05, 0) is 12.8 Å². The van der Waals surface area contributed by atoms with Gasteiger partial charge < -0.3 is 19.7 Å². The fourth-order valence-electron chi connectivity index (χ4n) is 5.39. The average Bonchev–Trinajstić information content (AvgIpc) is 2.79. The highest BCUT2D eigenvalue weighted by Crippen LogP contribution is 2.72. The maximum absolute atomic E-state index is 12.6. The van der Waals surface area contributed by atoms with Crippen LogP contribution in [0.25, 0.3) is 0 Å². The van der Waals surface area contributed by atoms with Crippen molar-refractivity contribution in [3.63, 3.8) is 0 Å². The molecule has 4 fully saturated rings. The van der Waals surface area contributed by atoms with Gasteiger partial charge in [0.25, 0.3) is 0 Å². The Bertz CT molecular complexity index is 571. The van der Waals surface area contributed by atoms with Crippen molar-refractivity contribution >= 4 is 11.8 Å². The molecule has 0 aromatic carbocycles. The van der Waals surface area contributed by atoms with Crippen LogP contribution in [-0.4, -0.2) is 52.0 Å². The molecule has 0 amide bonds. The number of hydrogen-bond acceptors (Lipinski definition) is 6. The minimum Gasteiger partial charge on any atom is -0.463 e. The second kappa shape index (κ2) is 3.34. The number of carbonyl (C=O) groups is 2. The third-order valence-electron chi connectivity index (χ3n) is 7.12. The Labute approximate surface area is 122 Å². The molecule has 4 rings (SSSR count). The lowest BCUT2D eigenvalue weighted by Gasteiger charge is -2.61. The minimum atomic E-state index is -1.73. The van der Waals surface area contributed by atoms with Crippen LogP contribution in [0, 0.1) is 16.7 Å². The van der Waals surface area contributed by atoms with E-state index in [0.717, 1.165) is 0 Å². The molecule has 7 atom stereocenters. The normalized spacial score (nSPS) is 61.7. The summed E-state index contributed by atoms with van der Waals surface area (Å²) in [4.78, 5) is 24.9. The summed E-state index contributed by atoms with van der Waals surface area (Å²) in [6, 6.07) is 0. The third kappa shape index (κ3) is 1.06. The molecule has 0 unspecified atom stereocenters. The first kappa shape index (κ1) is 13.7. The number of rotatable bonds is 0. The van der Waals surface area contributed by atoms with Crippen LogP contribution in [-0.2, 0) is 19.1 Å². The summed E-state index contributed by atoms with van der Waals surface area (Å²) in [7, 11) is 0. The molecule has 2 N–H and O–H groups in total. The summed E-state index contributed by atoms with van der Waals surface area (Å²) in [6.45, 7) is 4.80. The van der Waals surface area contributed by atoms with Gasteiger partial charge in [-0.25, -0.2) is 4.79 Å². The smallest absolute Gasteiger partial charge is 0.336 e. The van der Waals surface area contributed by atoms with E-state index in [1.54, 1.807) is 6.92 Å². The van der Waals surface area contributed by atoms with E-state index < -0.39 is 34.1 Å². The van der Waals surface area contributed by atoms with Gasteiger partial charge in [-0.15, -0.1) is 0 Å². The number of esters is 1. The fourth-order valence-corrected chi connectivity index (χ4v) is 5.39. The lowest BCUT2D eigenvalue weighted by molar-refractivity contribution is -0.268. The second-order valence-electron chi connectivity index (χ2n) is 7.56. The van der Waals surface area contributed by atoms with Crippen molar-refractivity contribution in [3.05, 3.63) is 0 Å². The van der Waals surface area contributed by atoms with Crippen molar-refractivity contribution in [3.8, 4) is 0 Å². The van der Waals surface area contributed by atoms with Gasteiger partial charge >= 0.3 is 5.97 Å². The van der Waals surface area contributed by atoms with E-state index in [-0.39, 0.29) is 30.8 Å². The van der Waals surface area contributed by atoms with Crippen LogP contribution in [0.2, 0.25) is 0 Å². The SMILES string of the molecule is C[C@@H]1[C@H]2C[C@@]3(O)[C@@]14CC(=O)[C@](C)(O)[C@@]3(C)COC(=O)[C@@H]4O2. The Kier molecular flexibility index (Phi) is 2.17. The van der Waals surface area contributed by atoms with Gasteiger partial charge in [-0.2, -0.15) is 0 Å². The maximum atomic E-state index is 12.6. The zero-order chi connectivity index (χ0) is 15.4. The zero-order valence-electron chi connectivity index (χ0n) is 12.4. The number of aliphatic hydroxyl groups is 2. The van der Waals surface area contributed by atoms with E-state index in [4.69, 9.17) is 9.47 Å². The number of ether oxygens (including phenoxy) is 2. The van der Waals surface area contributed by atoms with Gasteiger partial charge in [0, 0.05) is 18.3 Å². The van der Waals surface area contributed by atoms with E-state index in [1.165, 1.54) is 6.92 Å². The topological polar surface area (TPSA) is 93.1 Å². The van der Waals surface area contributed by atoms with Crippen LogP contribution in [0.3, 0.4) is 0 Å². The summed E-state index contributed by atoms with van der Waals surface area (Å²) in [5.74, 6) is -1.01. The van der Waals surface area contributed by atoms with Crippen molar-refractivity contribution in [2.75, 3.05) is 6.61 Å². The number of fused-ring (bicyclic) bond motifs is 1. The van der Waals surface area contributed by atoms with Crippen LogP contribution in [0.4, 0.5) is 0 Å². The molecule has 2 saturated heterocycles. The van der Waals surface area contributed by atoms with E-state index in [9.17, 15) is 19.8 Å². The number of Topliss-reactive ketones (excluding diaryl/α,β-unsaturated/α-hetero) is 1. The molecule has 6 nitrogen and oxygen atoms in total. The maximum Gasteiger partial charge on any atom is 0.336 e. The minimum absolute atomic E-state index is 0.0521. The van der Waals surface area contributed by atoms with E-state index in [0.29, 0.717) is 6.42 Å². The summed E-state index contributed by atoms with van der Waals surface area (Å²) in [5.41, 5.74) is -5.30. The molecule has 2 aliphatic carbocycles. The van der Waals surface area contributed by atoms with Gasteiger partial charge in [0.05, 0.1) is 17.1 Å². The molecule has 0 radical (unpaired) electrons. The molecule has 21 heavy (non-hydrogen) atoms. The average molecular weight is 296 g/mol. The Morgan fingerprint density at radius 3 is 2.57 bits per heavy atom. The van der Waals surface area contributed by atoms with Crippen LogP contribution in [0.1, 0.15) is 33.6 Å². The molecule has 116 valence electrons. The largest absolute Gasteiger partial charge is 0.463 e. The summed E-state index contributed by atoms with van der Waals surface area (Å²) >= 11 is 0. The molecule has 0 aromatic heterocycles. The fraction of sp³-hybridized carbons (Fsp3) is 0.867. The van der Waals surface area contributed by atoms with Crippen molar-refractivity contribution in [2.24, 2.45) is 16.7 Å². The Morgan fingerprint density at radius 1 is 1.24 bits per heavy atom. The van der Waals surface area contributed by atoms with Gasteiger partial charge in [0.15, 0.2) is 11.9 Å². The van der Waals surface area contributed by atoms with Crippen molar-refractivity contribution in [1.82, 2.24) is 0 Å². The highest BCUT2D eigenvalue weighted by Gasteiger charge is 2.84. The molecule has 2 heterocycles. The monoisotopic (exact) mass is 296 g/mol. The predicted octanol–water partition coefficient (Wildman–Crippen LogP) is -0.202. The first-order chi connectivity index (χ1) is 9.62. The third-order valence-corrected chi connectivity index (χ3v) is 7.12. The van der Waals surface area contributed by atoms with Crippen LogP contribution in [0.5, 0.6) is 0 Å². The van der Waals surface area contributed by atoms with Gasteiger partial charge in [-0.3, -0.25) is 4.79 Å². The molecule has 3 bridgehead atoms. The summed E-state index contributed by atoms with van der Waals surface area (Å²) in [6.07, 6.45) is -0.935. The van der Waals surface area contributed by atoms with Gasteiger partial charge in [0.2, 0.25) is 0 Å². The zero-order valence-corrected chi connectivity index (χ0v) is 12.4. The highest BCUT2D eigenvalue weighted by molar-refractivity contribution is 5.92. The molecular formula is C15H20O6. The Hall–Kier alpha value is -0.980. The van der Waals surface area contributed by atoms with Crippen LogP contribution >= 0.6 is 0 Å². The lowest BCUT2D eigenvalue weighted by atomic mass is 9.45. The highest BCUT2D eigenvalue weighted by atomic mass is 16.6. The lowest BCUT2D eigenvalue weighted by Crippen LogP contribution is -2.75. The first-order valence-electron chi connectivity index (χ1n) is 7.42. The molecule has 1 spiro atoms. The molecule has 0 aromatic rings. The van der Waals surface area contributed by atoms with Gasteiger partial charge in [-0.1, -0.05) is 13.8 Å². The Balaban J connectivity index is 2.04. The van der Waals surface area contributed by atoms with Crippen molar-refractivity contribution < 1.29 is 29.3 Å². The van der Waals surface area contributed by atoms with E-state index >= 15 is 0 Å². The van der Waals surface area contributed by atoms with Gasteiger partial charge in [0.1, 0.15) is 12.2 Å². The number of cyclic esters (lactones) is 1. The van der Waals surface area contributed by atoms with Crippen LogP contribution < -0.4 is 0 Å². The second-order valence-corrected chi connectivity index (χ2v) is 7.56. The van der Waals surface area contributed by atoms with Crippen LogP contribution in [0.15, 0.2) is 0 Å². The van der Waals surface area contributed by atoms with E-state index in [2.05, 4.69) is 0 Å². The summed E-state index contributed by atoms with van der Waals surface area (Å²) in [5, 5.41) is 22.3. The number of carbonyl (C=O) groups excluding carboxylic acids is 2.